The maximum absolute atomic E-state index is 12.0. The lowest BCUT2D eigenvalue weighted by Crippen LogP contribution is -2.40. The molecule has 1 fully saturated rings. The lowest BCUT2D eigenvalue weighted by molar-refractivity contribution is -0.117. The number of nitrogens with two attached hydrogens (primary N) is 1. The highest BCUT2D eigenvalue weighted by molar-refractivity contribution is 5.92. The summed E-state index contributed by atoms with van der Waals surface area (Å²) in [5, 5.41) is 2.91. The summed E-state index contributed by atoms with van der Waals surface area (Å²) >= 11 is 0. The van der Waals surface area contributed by atoms with E-state index in [0.717, 1.165) is 11.6 Å². The molecule has 0 aromatic heterocycles. The molecule has 2 atom stereocenters. The third kappa shape index (κ3) is 4.23. The highest BCUT2D eigenvalue weighted by Crippen LogP contribution is 2.26. The molecule has 1 saturated carbocycles. The molecule has 4 heteroatoms. The van der Waals surface area contributed by atoms with E-state index in [1.54, 1.807) is 12.1 Å². The number of hydrogen-bond donors (Lipinski definition) is 2. The number of nitrogen functional groups attached to an aromatic ring is 1. The van der Waals surface area contributed by atoms with Crippen LogP contribution in [0.25, 0.3) is 0 Å². The van der Waals surface area contributed by atoms with E-state index in [4.69, 9.17) is 5.73 Å². The van der Waals surface area contributed by atoms with Crippen LogP contribution in [-0.2, 0) is 4.79 Å². The van der Waals surface area contributed by atoms with Gasteiger partial charge in [0.1, 0.15) is 0 Å². The zero-order valence-electron chi connectivity index (χ0n) is 12.4. The Morgan fingerprint density at radius 3 is 2.70 bits per heavy atom. The van der Waals surface area contributed by atoms with Crippen LogP contribution in [0.5, 0.6) is 0 Å². The predicted molar refractivity (Wildman–Crippen MR) is 83.5 cm³/mol. The molecule has 1 aliphatic carbocycles. The van der Waals surface area contributed by atoms with Gasteiger partial charge < -0.3 is 11.1 Å². The predicted octanol–water partition coefficient (Wildman–Crippen LogP) is 2.72. The van der Waals surface area contributed by atoms with Gasteiger partial charge in [0, 0.05) is 17.4 Å². The van der Waals surface area contributed by atoms with Crippen molar-refractivity contribution in [2.45, 2.75) is 38.6 Å². The summed E-state index contributed by atoms with van der Waals surface area (Å²) in [5.41, 5.74) is 7.13. The van der Waals surface area contributed by atoms with Crippen molar-refractivity contribution in [2.24, 2.45) is 5.92 Å². The molecule has 1 aromatic carbocycles. The van der Waals surface area contributed by atoms with Gasteiger partial charge in [0.25, 0.3) is 0 Å². The SMILES string of the molecule is CC1CCCC(N(C)CC(=O)Nc2ccc(N)cc2)C1. The molecule has 1 aromatic rings. The van der Waals surface area contributed by atoms with Crippen LogP contribution in [0.15, 0.2) is 24.3 Å². The van der Waals surface area contributed by atoms with E-state index in [1.165, 1.54) is 25.7 Å². The number of rotatable bonds is 4. The Kier molecular flexibility index (Phi) is 5.01. The minimum absolute atomic E-state index is 0.0375. The maximum atomic E-state index is 12.0. The number of hydrogen-bond acceptors (Lipinski definition) is 3. The van der Waals surface area contributed by atoms with E-state index >= 15 is 0 Å². The highest BCUT2D eigenvalue weighted by Gasteiger charge is 2.23. The second kappa shape index (κ2) is 6.75. The molecule has 0 aliphatic heterocycles. The lowest BCUT2D eigenvalue weighted by atomic mass is 9.86. The van der Waals surface area contributed by atoms with Crippen molar-refractivity contribution in [3.63, 3.8) is 0 Å². The first kappa shape index (κ1) is 14.9. The summed E-state index contributed by atoms with van der Waals surface area (Å²) in [4.78, 5) is 14.2. The summed E-state index contributed by atoms with van der Waals surface area (Å²) in [6.07, 6.45) is 5.00. The Bertz CT molecular complexity index is 444. The Labute approximate surface area is 121 Å². The summed E-state index contributed by atoms with van der Waals surface area (Å²) in [7, 11) is 2.05. The number of amides is 1. The molecule has 4 nitrogen and oxygen atoms in total. The first-order valence-electron chi connectivity index (χ1n) is 7.40. The Balaban J connectivity index is 1.82. The van der Waals surface area contributed by atoms with Crippen LogP contribution in [0.4, 0.5) is 11.4 Å². The molecule has 3 N–H and O–H groups in total. The van der Waals surface area contributed by atoms with E-state index in [9.17, 15) is 4.79 Å². The molecular formula is C16H25N3O. The van der Waals surface area contributed by atoms with Gasteiger partial charge in [-0.05, 0) is 50.1 Å². The topological polar surface area (TPSA) is 58.4 Å². The molecule has 1 aliphatic rings. The van der Waals surface area contributed by atoms with Crippen LogP contribution >= 0.6 is 0 Å². The van der Waals surface area contributed by atoms with Gasteiger partial charge in [-0.25, -0.2) is 0 Å². The second-order valence-electron chi connectivity index (χ2n) is 6.01. The molecule has 0 spiro atoms. The zero-order valence-corrected chi connectivity index (χ0v) is 12.4. The van der Waals surface area contributed by atoms with Crippen molar-refractivity contribution in [1.82, 2.24) is 4.90 Å². The van der Waals surface area contributed by atoms with Crippen molar-refractivity contribution in [3.05, 3.63) is 24.3 Å². The number of nitrogens with zero attached hydrogens (tertiary/aromatic N) is 1. The molecule has 0 radical (unpaired) electrons. The molecule has 0 saturated heterocycles. The summed E-state index contributed by atoms with van der Waals surface area (Å²) < 4.78 is 0. The van der Waals surface area contributed by atoms with Crippen LogP contribution in [0.2, 0.25) is 0 Å². The number of nitrogens with one attached hydrogen (secondary N) is 1. The van der Waals surface area contributed by atoms with E-state index < -0.39 is 0 Å². The number of carbonyl (C=O) groups is 1. The van der Waals surface area contributed by atoms with E-state index in [2.05, 4.69) is 17.1 Å². The van der Waals surface area contributed by atoms with E-state index in [-0.39, 0.29) is 5.91 Å². The fourth-order valence-electron chi connectivity index (χ4n) is 2.93. The molecule has 0 heterocycles. The van der Waals surface area contributed by atoms with Gasteiger partial charge in [0.15, 0.2) is 0 Å². The highest BCUT2D eigenvalue weighted by atomic mass is 16.2. The molecule has 20 heavy (non-hydrogen) atoms. The number of anilines is 2. The van der Waals surface area contributed by atoms with Gasteiger partial charge in [-0.1, -0.05) is 19.8 Å². The van der Waals surface area contributed by atoms with Gasteiger partial charge in [-0.15, -0.1) is 0 Å². The minimum Gasteiger partial charge on any atom is -0.399 e. The fraction of sp³-hybridized carbons (Fsp3) is 0.562. The first-order chi connectivity index (χ1) is 9.54. The molecular weight excluding hydrogens is 250 g/mol. The van der Waals surface area contributed by atoms with Crippen LogP contribution in [0, 0.1) is 5.92 Å². The van der Waals surface area contributed by atoms with E-state index in [0.29, 0.717) is 18.3 Å². The third-order valence-corrected chi connectivity index (χ3v) is 4.12. The standard InChI is InChI=1S/C16H25N3O/c1-12-4-3-5-15(10-12)19(2)11-16(20)18-14-8-6-13(17)7-9-14/h6-9,12,15H,3-5,10-11,17H2,1-2H3,(H,18,20). The van der Waals surface area contributed by atoms with Crippen LogP contribution in [0.1, 0.15) is 32.6 Å². The molecule has 2 unspecified atom stereocenters. The quantitative estimate of drug-likeness (QED) is 0.831. The summed E-state index contributed by atoms with van der Waals surface area (Å²) in [6.45, 7) is 2.75. The average Bonchev–Trinajstić information content (AvgIpc) is 2.41. The number of benzene rings is 1. The number of carbonyl (C=O) groups excluding carboxylic acids is 1. The van der Waals surface area contributed by atoms with Gasteiger partial charge in [0.2, 0.25) is 5.91 Å². The molecule has 1 amide bonds. The molecule has 110 valence electrons. The fourth-order valence-corrected chi connectivity index (χ4v) is 2.93. The van der Waals surface area contributed by atoms with E-state index in [1.807, 2.05) is 19.2 Å². The number of likely N-dealkylation sites (N-methyl/N-ethyl adjacent to an activating group) is 1. The Morgan fingerprint density at radius 1 is 1.35 bits per heavy atom. The third-order valence-electron chi connectivity index (χ3n) is 4.12. The smallest absolute Gasteiger partial charge is 0.238 e. The summed E-state index contributed by atoms with van der Waals surface area (Å²) in [6, 6.07) is 7.78. The van der Waals surface area contributed by atoms with Crippen molar-refractivity contribution >= 4 is 17.3 Å². The first-order valence-corrected chi connectivity index (χ1v) is 7.40. The van der Waals surface area contributed by atoms with Gasteiger partial charge in [-0.2, -0.15) is 0 Å². The normalized spacial score (nSPS) is 22.8. The van der Waals surface area contributed by atoms with Crippen LogP contribution in [0.3, 0.4) is 0 Å². The molecule has 2 rings (SSSR count). The largest absolute Gasteiger partial charge is 0.399 e. The monoisotopic (exact) mass is 275 g/mol. The van der Waals surface area contributed by atoms with Crippen molar-refractivity contribution < 1.29 is 4.79 Å². The van der Waals surface area contributed by atoms with Crippen LogP contribution < -0.4 is 11.1 Å². The van der Waals surface area contributed by atoms with Crippen LogP contribution in [-0.4, -0.2) is 30.4 Å². The van der Waals surface area contributed by atoms with Crippen molar-refractivity contribution in [2.75, 3.05) is 24.6 Å². The lowest BCUT2D eigenvalue weighted by Gasteiger charge is -2.33. The zero-order chi connectivity index (χ0) is 14.5. The average molecular weight is 275 g/mol. The van der Waals surface area contributed by atoms with Crippen molar-refractivity contribution in [1.29, 1.82) is 0 Å². The van der Waals surface area contributed by atoms with Gasteiger partial charge in [0.05, 0.1) is 6.54 Å². The Hall–Kier alpha value is -1.55. The maximum Gasteiger partial charge on any atom is 0.238 e. The second-order valence-corrected chi connectivity index (χ2v) is 6.01. The summed E-state index contributed by atoms with van der Waals surface area (Å²) in [5.74, 6) is 0.812. The van der Waals surface area contributed by atoms with Gasteiger partial charge >= 0.3 is 0 Å². The molecule has 0 bridgehead atoms. The minimum atomic E-state index is 0.0375. The Morgan fingerprint density at radius 2 is 2.05 bits per heavy atom. The van der Waals surface area contributed by atoms with Gasteiger partial charge in [-0.3, -0.25) is 9.69 Å². The van der Waals surface area contributed by atoms with Crippen molar-refractivity contribution in [3.8, 4) is 0 Å².